The van der Waals surface area contributed by atoms with Gasteiger partial charge < -0.3 is 4.74 Å². The number of nitrogens with one attached hydrogen (secondary N) is 1. The summed E-state index contributed by atoms with van der Waals surface area (Å²) in [5.41, 5.74) is 1.66. The van der Waals surface area contributed by atoms with Gasteiger partial charge in [0, 0.05) is 17.5 Å². The zero-order valence-electron chi connectivity index (χ0n) is 13.7. The quantitative estimate of drug-likeness (QED) is 0.812. The third-order valence-electron chi connectivity index (χ3n) is 3.48. The number of hydrogen-bond donors (Lipinski definition) is 1. The summed E-state index contributed by atoms with van der Waals surface area (Å²) >= 11 is 6.25. The van der Waals surface area contributed by atoms with Crippen LogP contribution in [0, 0.1) is 0 Å². The molecule has 2 amide bonds. The maximum atomic E-state index is 11.9. The molecule has 1 heterocycles. The number of likely N-dealkylation sites (N-methyl/N-ethyl adjacent to an activating group) is 1. The lowest BCUT2D eigenvalue weighted by Gasteiger charge is -2.20. The van der Waals surface area contributed by atoms with Crippen molar-refractivity contribution in [1.29, 1.82) is 0 Å². The van der Waals surface area contributed by atoms with E-state index in [9.17, 15) is 9.59 Å². The van der Waals surface area contributed by atoms with E-state index < -0.39 is 12.0 Å². The van der Waals surface area contributed by atoms with Crippen LogP contribution >= 0.6 is 11.6 Å². The standard InChI is InChI=1S/C17H20ClN3O3/c1-3-21(11-15(22)20-17(23)24-4-2)10-13-9-12-7-5-6-8-14(12)19-16(13)18/h5-9H,3-4,10-11H2,1-2H3,(H,20,22,23). The number of amides is 2. The van der Waals surface area contributed by atoms with Crippen LogP contribution in [0.5, 0.6) is 0 Å². The number of pyridine rings is 1. The average Bonchev–Trinajstić information content (AvgIpc) is 2.54. The number of carbonyl (C=O) groups excluding carboxylic acids is 2. The third-order valence-corrected chi connectivity index (χ3v) is 3.80. The van der Waals surface area contributed by atoms with Gasteiger partial charge in [-0.05, 0) is 25.6 Å². The van der Waals surface area contributed by atoms with E-state index in [0.29, 0.717) is 18.2 Å². The number of benzene rings is 1. The Labute approximate surface area is 145 Å². The molecule has 128 valence electrons. The molecule has 0 fully saturated rings. The number of rotatable bonds is 6. The zero-order chi connectivity index (χ0) is 17.5. The lowest BCUT2D eigenvalue weighted by Crippen LogP contribution is -2.40. The fraction of sp³-hybridized carbons (Fsp3) is 0.353. The van der Waals surface area contributed by atoms with E-state index in [2.05, 4.69) is 10.3 Å². The van der Waals surface area contributed by atoms with E-state index >= 15 is 0 Å². The van der Waals surface area contributed by atoms with Crippen molar-refractivity contribution in [3.8, 4) is 0 Å². The first-order valence-corrected chi connectivity index (χ1v) is 8.14. The van der Waals surface area contributed by atoms with Crippen molar-refractivity contribution >= 4 is 34.5 Å². The molecule has 0 bridgehead atoms. The van der Waals surface area contributed by atoms with Gasteiger partial charge in [-0.25, -0.2) is 9.78 Å². The van der Waals surface area contributed by atoms with Crippen LogP contribution in [0.4, 0.5) is 4.79 Å². The molecule has 24 heavy (non-hydrogen) atoms. The molecular formula is C17H20ClN3O3. The van der Waals surface area contributed by atoms with Gasteiger partial charge in [-0.2, -0.15) is 0 Å². The van der Waals surface area contributed by atoms with Crippen LogP contribution in [0.3, 0.4) is 0 Å². The van der Waals surface area contributed by atoms with Crippen molar-refractivity contribution in [3.05, 3.63) is 41.0 Å². The maximum absolute atomic E-state index is 11.9. The van der Waals surface area contributed by atoms with Gasteiger partial charge in [-0.15, -0.1) is 0 Å². The Kier molecular flexibility index (Phi) is 6.52. The Morgan fingerprint density at radius 2 is 2.04 bits per heavy atom. The molecule has 1 aromatic heterocycles. The summed E-state index contributed by atoms with van der Waals surface area (Å²) in [6.45, 7) is 4.98. The summed E-state index contributed by atoms with van der Waals surface area (Å²) in [6, 6.07) is 9.67. The van der Waals surface area contributed by atoms with Gasteiger partial charge in [0.2, 0.25) is 5.91 Å². The van der Waals surface area contributed by atoms with Gasteiger partial charge in [-0.3, -0.25) is 15.0 Å². The van der Waals surface area contributed by atoms with E-state index in [4.69, 9.17) is 16.3 Å². The Hall–Kier alpha value is -2.18. The smallest absolute Gasteiger partial charge is 0.413 e. The second kappa shape index (κ2) is 8.61. The first kappa shape index (κ1) is 18.2. The Morgan fingerprint density at radius 1 is 1.29 bits per heavy atom. The van der Waals surface area contributed by atoms with Gasteiger partial charge in [0.1, 0.15) is 5.15 Å². The lowest BCUT2D eigenvalue weighted by atomic mass is 10.1. The molecule has 0 atom stereocenters. The number of fused-ring (bicyclic) bond motifs is 1. The monoisotopic (exact) mass is 349 g/mol. The van der Waals surface area contributed by atoms with Crippen molar-refractivity contribution in [2.45, 2.75) is 20.4 Å². The number of carbonyl (C=O) groups is 2. The number of hydrogen-bond acceptors (Lipinski definition) is 5. The molecule has 0 aliphatic heterocycles. The molecule has 7 heteroatoms. The highest BCUT2D eigenvalue weighted by Gasteiger charge is 2.15. The normalized spacial score (nSPS) is 10.8. The lowest BCUT2D eigenvalue weighted by molar-refractivity contribution is -0.121. The predicted molar refractivity (Wildman–Crippen MR) is 92.9 cm³/mol. The maximum Gasteiger partial charge on any atom is 0.413 e. The topological polar surface area (TPSA) is 71.5 Å². The second-order valence-electron chi connectivity index (χ2n) is 5.20. The summed E-state index contributed by atoms with van der Waals surface area (Å²) in [5, 5.41) is 3.59. The van der Waals surface area contributed by atoms with E-state index in [-0.39, 0.29) is 13.2 Å². The minimum atomic E-state index is -0.732. The number of aromatic nitrogens is 1. The Balaban J connectivity index is 2.05. The number of ether oxygens (including phenoxy) is 1. The van der Waals surface area contributed by atoms with Gasteiger partial charge in [0.05, 0.1) is 18.7 Å². The molecule has 1 N–H and O–H groups in total. The third kappa shape index (κ3) is 4.91. The largest absolute Gasteiger partial charge is 0.450 e. The summed E-state index contributed by atoms with van der Waals surface area (Å²) < 4.78 is 4.69. The number of halogens is 1. The first-order valence-electron chi connectivity index (χ1n) is 7.76. The minimum Gasteiger partial charge on any atom is -0.450 e. The molecule has 0 aliphatic rings. The SMILES string of the molecule is CCOC(=O)NC(=O)CN(CC)Cc1cc2ccccc2nc1Cl. The van der Waals surface area contributed by atoms with Crippen LogP contribution in [-0.2, 0) is 16.1 Å². The highest BCUT2D eigenvalue weighted by atomic mass is 35.5. The fourth-order valence-corrected chi connectivity index (χ4v) is 2.50. The number of imide groups is 1. The minimum absolute atomic E-state index is 0.0679. The van der Waals surface area contributed by atoms with E-state index in [0.717, 1.165) is 16.5 Å². The van der Waals surface area contributed by atoms with E-state index in [1.165, 1.54) is 0 Å². The molecule has 2 aromatic rings. The van der Waals surface area contributed by atoms with Crippen molar-refractivity contribution in [1.82, 2.24) is 15.2 Å². The fourth-order valence-electron chi connectivity index (χ4n) is 2.29. The Bertz CT molecular complexity index is 736. The Morgan fingerprint density at radius 3 is 2.75 bits per heavy atom. The van der Waals surface area contributed by atoms with Gasteiger partial charge >= 0.3 is 6.09 Å². The molecule has 2 rings (SSSR count). The molecule has 0 radical (unpaired) electrons. The number of alkyl carbamates (subject to hydrolysis) is 1. The molecule has 0 aliphatic carbocycles. The molecule has 0 saturated carbocycles. The zero-order valence-corrected chi connectivity index (χ0v) is 14.5. The van der Waals surface area contributed by atoms with Crippen LogP contribution in [0.15, 0.2) is 30.3 Å². The summed E-state index contributed by atoms with van der Waals surface area (Å²) in [5.74, 6) is -0.417. The van der Waals surface area contributed by atoms with Gasteiger partial charge in [-0.1, -0.05) is 36.7 Å². The molecule has 6 nitrogen and oxygen atoms in total. The van der Waals surface area contributed by atoms with Crippen LogP contribution in [0.1, 0.15) is 19.4 Å². The average molecular weight is 350 g/mol. The van der Waals surface area contributed by atoms with Crippen LogP contribution in [0.2, 0.25) is 5.15 Å². The first-order chi connectivity index (χ1) is 11.5. The molecule has 0 spiro atoms. The summed E-state index contributed by atoms with van der Waals surface area (Å²) in [7, 11) is 0. The molecule has 0 unspecified atom stereocenters. The van der Waals surface area contributed by atoms with Gasteiger partial charge in [0.15, 0.2) is 0 Å². The van der Waals surface area contributed by atoms with Crippen molar-refractivity contribution in [3.63, 3.8) is 0 Å². The van der Waals surface area contributed by atoms with Crippen molar-refractivity contribution in [2.24, 2.45) is 0 Å². The summed E-state index contributed by atoms with van der Waals surface area (Å²) in [4.78, 5) is 29.4. The predicted octanol–water partition coefficient (Wildman–Crippen LogP) is 2.98. The molecule has 0 saturated heterocycles. The van der Waals surface area contributed by atoms with E-state index in [1.54, 1.807) is 6.92 Å². The summed E-state index contributed by atoms with van der Waals surface area (Å²) in [6.07, 6.45) is -0.732. The molecular weight excluding hydrogens is 330 g/mol. The molecule has 1 aromatic carbocycles. The van der Waals surface area contributed by atoms with Crippen LogP contribution in [-0.4, -0.2) is 41.6 Å². The van der Waals surface area contributed by atoms with Crippen LogP contribution < -0.4 is 5.32 Å². The number of para-hydroxylation sites is 1. The van der Waals surface area contributed by atoms with Crippen LogP contribution in [0.25, 0.3) is 10.9 Å². The van der Waals surface area contributed by atoms with Crippen molar-refractivity contribution < 1.29 is 14.3 Å². The van der Waals surface area contributed by atoms with E-state index in [1.807, 2.05) is 42.2 Å². The number of nitrogens with zero attached hydrogens (tertiary/aromatic N) is 2. The van der Waals surface area contributed by atoms with Crippen molar-refractivity contribution in [2.75, 3.05) is 19.7 Å². The highest BCUT2D eigenvalue weighted by molar-refractivity contribution is 6.30. The second-order valence-corrected chi connectivity index (χ2v) is 5.56. The van der Waals surface area contributed by atoms with Gasteiger partial charge in [0.25, 0.3) is 0 Å². The highest BCUT2D eigenvalue weighted by Crippen LogP contribution is 2.21.